The molecule has 3 heteroatoms. The molecule has 1 amide bonds. The van der Waals surface area contributed by atoms with Gasteiger partial charge < -0.3 is 10.6 Å². The van der Waals surface area contributed by atoms with Crippen molar-refractivity contribution in [3.63, 3.8) is 0 Å². The molecule has 15 heavy (non-hydrogen) atoms. The van der Waals surface area contributed by atoms with Crippen molar-refractivity contribution in [2.75, 3.05) is 19.6 Å². The second-order valence-corrected chi connectivity index (χ2v) is 5.56. The van der Waals surface area contributed by atoms with Gasteiger partial charge in [0.2, 0.25) is 5.91 Å². The van der Waals surface area contributed by atoms with E-state index >= 15 is 0 Å². The minimum Gasteiger partial charge on any atom is -0.355 e. The van der Waals surface area contributed by atoms with Crippen LogP contribution in [-0.4, -0.2) is 25.5 Å². The first-order chi connectivity index (χ1) is 7.12. The Kier molecular flexibility index (Phi) is 3.01. The minimum absolute atomic E-state index is 0.0689. The molecule has 3 nitrogen and oxygen atoms in total. The van der Waals surface area contributed by atoms with E-state index in [2.05, 4.69) is 24.5 Å². The number of hydrogen-bond donors (Lipinski definition) is 2. The summed E-state index contributed by atoms with van der Waals surface area (Å²) in [7, 11) is 0. The van der Waals surface area contributed by atoms with Crippen molar-refractivity contribution in [1.82, 2.24) is 10.6 Å². The molecule has 2 rings (SSSR count). The average Bonchev–Trinajstić information content (AvgIpc) is 2.36. The molecule has 2 heterocycles. The fourth-order valence-corrected chi connectivity index (χ4v) is 3.20. The van der Waals surface area contributed by atoms with Gasteiger partial charge in [0.25, 0.3) is 0 Å². The molecule has 2 aliphatic heterocycles. The first-order valence-electron chi connectivity index (χ1n) is 6.11. The molecule has 2 saturated heterocycles. The second kappa shape index (κ2) is 4.12. The fourth-order valence-electron chi connectivity index (χ4n) is 3.20. The summed E-state index contributed by atoms with van der Waals surface area (Å²) in [6.45, 7) is 7.40. The van der Waals surface area contributed by atoms with E-state index in [4.69, 9.17) is 0 Å². The Bertz CT molecular complexity index is 254. The predicted octanol–water partition coefficient (Wildman–Crippen LogP) is 1.15. The molecule has 86 valence electrons. The zero-order valence-corrected chi connectivity index (χ0v) is 9.81. The molecule has 0 aromatic heterocycles. The third-order valence-corrected chi connectivity index (χ3v) is 3.84. The molecule has 0 aliphatic carbocycles. The SMILES string of the molecule is CC1CNCCC2(C1)CC(C)CNC2=O. The number of piperidine rings is 1. The minimum atomic E-state index is -0.0689. The summed E-state index contributed by atoms with van der Waals surface area (Å²) in [5, 5.41) is 6.50. The zero-order valence-electron chi connectivity index (χ0n) is 9.81. The fraction of sp³-hybridized carbons (Fsp3) is 0.917. The van der Waals surface area contributed by atoms with Crippen molar-refractivity contribution >= 4 is 5.91 Å². The third kappa shape index (κ3) is 2.17. The van der Waals surface area contributed by atoms with Crippen molar-refractivity contribution in [2.45, 2.75) is 33.1 Å². The molecule has 3 unspecified atom stereocenters. The van der Waals surface area contributed by atoms with Crippen LogP contribution in [0.15, 0.2) is 0 Å². The van der Waals surface area contributed by atoms with Gasteiger partial charge in [-0.1, -0.05) is 13.8 Å². The van der Waals surface area contributed by atoms with Crippen molar-refractivity contribution < 1.29 is 4.79 Å². The maximum atomic E-state index is 12.1. The topological polar surface area (TPSA) is 41.1 Å². The van der Waals surface area contributed by atoms with Crippen LogP contribution >= 0.6 is 0 Å². The normalized spacial score (nSPS) is 42.4. The zero-order chi connectivity index (χ0) is 10.9. The van der Waals surface area contributed by atoms with Gasteiger partial charge in [0.15, 0.2) is 0 Å². The van der Waals surface area contributed by atoms with E-state index < -0.39 is 0 Å². The van der Waals surface area contributed by atoms with Crippen molar-refractivity contribution in [1.29, 1.82) is 0 Å². The Morgan fingerprint density at radius 3 is 2.60 bits per heavy atom. The third-order valence-electron chi connectivity index (χ3n) is 3.84. The molecular weight excluding hydrogens is 188 g/mol. The maximum absolute atomic E-state index is 12.1. The van der Waals surface area contributed by atoms with E-state index in [9.17, 15) is 4.79 Å². The highest BCUT2D eigenvalue weighted by molar-refractivity contribution is 5.83. The second-order valence-electron chi connectivity index (χ2n) is 5.56. The Morgan fingerprint density at radius 1 is 1.20 bits per heavy atom. The van der Waals surface area contributed by atoms with Crippen LogP contribution < -0.4 is 10.6 Å². The summed E-state index contributed by atoms with van der Waals surface area (Å²) in [4.78, 5) is 12.1. The summed E-state index contributed by atoms with van der Waals surface area (Å²) in [5.74, 6) is 1.55. The predicted molar refractivity (Wildman–Crippen MR) is 60.5 cm³/mol. The summed E-state index contributed by atoms with van der Waals surface area (Å²) < 4.78 is 0. The van der Waals surface area contributed by atoms with Gasteiger partial charge in [-0.2, -0.15) is 0 Å². The van der Waals surface area contributed by atoms with Crippen LogP contribution in [-0.2, 0) is 4.79 Å². The lowest BCUT2D eigenvalue weighted by molar-refractivity contribution is -0.136. The largest absolute Gasteiger partial charge is 0.355 e. The van der Waals surface area contributed by atoms with Crippen LogP contribution in [0, 0.1) is 17.3 Å². The van der Waals surface area contributed by atoms with Gasteiger partial charge >= 0.3 is 0 Å². The molecule has 3 atom stereocenters. The lowest BCUT2D eigenvalue weighted by Gasteiger charge is -2.39. The highest BCUT2D eigenvalue weighted by Crippen LogP contribution is 2.40. The molecular formula is C12H22N2O. The van der Waals surface area contributed by atoms with Gasteiger partial charge in [0, 0.05) is 6.54 Å². The smallest absolute Gasteiger partial charge is 0.226 e. The number of carbonyl (C=O) groups excluding carboxylic acids is 1. The van der Waals surface area contributed by atoms with Crippen LogP contribution in [0.4, 0.5) is 0 Å². The van der Waals surface area contributed by atoms with Crippen LogP contribution in [0.3, 0.4) is 0 Å². The van der Waals surface area contributed by atoms with Gasteiger partial charge in [0.05, 0.1) is 5.41 Å². The number of nitrogens with one attached hydrogen (secondary N) is 2. The summed E-state index contributed by atoms with van der Waals surface area (Å²) >= 11 is 0. The van der Waals surface area contributed by atoms with Gasteiger partial charge in [-0.05, 0) is 44.2 Å². The monoisotopic (exact) mass is 210 g/mol. The van der Waals surface area contributed by atoms with E-state index in [0.717, 1.165) is 38.9 Å². The molecule has 1 spiro atoms. The molecule has 0 aromatic carbocycles. The van der Waals surface area contributed by atoms with Gasteiger partial charge in [-0.3, -0.25) is 4.79 Å². The lowest BCUT2D eigenvalue weighted by Crippen LogP contribution is -2.49. The molecule has 0 bridgehead atoms. The summed E-state index contributed by atoms with van der Waals surface area (Å²) in [6, 6.07) is 0. The maximum Gasteiger partial charge on any atom is 0.226 e. The van der Waals surface area contributed by atoms with Crippen molar-refractivity contribution in [2.24, 2.45) is 17.3 Å². The van der Waals surface area contributed by atoms with Gasteiger partial charge in [-0.25, -0.2) is 0 Å². The highest BCUT2D eigenvalue weighted by Gasteiger charge is 2.43. The number of hydrogen-bond acceptors (Lipinski definition) is 2. The first-order valence-corrected chi connectivity index (χ1v) is 6.11. The standard InChI is InChI=1S/C12H22N2O/c1-9-5-12(3-4-13-7-9)6-10(2)8-14-11(12)15/h9-10,13H,3-8H2,1-2H3,(H,14,15). The lowest BCUT2D eigenvalue weighted by atomic mass is 9.69. The van der Waals surface area contributed by atoms with E-state index in [1.807, 2.05) is 0 Å². The Balaban J connectivity index is 2.16. The van der Waals surface area contributed by atoms with Crippen LogP contribution in [0.2, 0.25) is 0 Å². The van der Waals surface area contributed by atoms with Gasteiger partial charge in [-0.15, -0.1) is 0 Å². The summed E-state index contributed by atoms with van der Waals surface area (Å²) in [5.41, 5.74) is -0.0689. The van der Waals surface area contributed by atoms with Crippen LogP contribution in [0.25, 0.3) is 0 Å². The molecule has 0 aromatic rings. The van der Waals surface area contributed by atoms with Crippen LogP contribution in [0.1, 0.15) is 33.1 Å². The number of rotatable bonds is 0. The highest BCUT2D eigenvalue weighted by atomic mass is 16.2. The Labute approximate surface area is 92.0 Å². The molecule has 2 fully saturated rings. The molecule has 2 aliphatic rings. The Morgan fingerprint density at radius 2 is 1.87 bits per heavy atom. The van der Waals surface area contributed by atoms with Crippen molar-refractivity contribution in [3.8, 4) is 0 Å². The van der Waals surface area contributed by atoms with Crippen LogP contribution in [0.5, 0.6) is 0 Å². The van der Waals surface area contributed by atoms with Crippen molar-refractivity contribution in [3.05, 3.63) is 0 Å². The average molecular weight is 210 g/mol. The molecule has 0 radical (unpaired) electrons. The van der Waals surface area contributed by atoms with E-state index in [-0.39, 0.29) is 5.41 Å². The number of amides is 1. The quantitative estimate of drug-likeness (QED) is 0.629. The van der Waals surface area contributed by atoms with E-state index in [1.165, 1.54) is 0 Å². The van der Waals surface area contributed by atoms with E-state index in [0.29, 0.717) is 17.7 Å². The Hall–Kier alpha value is -0.570. The number of carbonyl (C=O) groups is 1. The molecule has 2 N–H and O–H groups in total. The van der Waals surface area contributed by atoms with E-state index in [1.54, 1.807) is 0 Å². The van der Waals surface area contributed by atoms with Gasteiger partial charge in [0.1, 0.15) is 0 Å². The first kappa shape index (κ1) is 10.9. The molecule has 0 saturated carbocycles. The summed E-state index contributed by atoms with van der Waals surface area (Å²) in [6.07, 6.45) is 3.13.